The Bertz CT molecular complexity index is 1020. The molecule has 1 aliphatic heterocycles. The second-order valence-electron chi connectivity index (χ2n) is 7.33. The Labute approximate surface area is 180 Å². The average molecular weight is 421 g/mol. The van der Waals surface area contributed by atoms with Crippen LogP contribution in [0.1, 0.15) is 12.8 Å². The number of imidazole rings is 1. The van der Waals surface area contributed by atoms with Gasteiger partial charge in [-0.2, -0.15) is 0 Å². The predicted octanol–water partition coefficient (Wildman–Crippen LogP) is 3.36. The van der Waals surface area contributed by atoms with Crippen molar-refractivity contribution >= 4 is 23.6 Å². The van der Waals surface area contributed by atoms with Gasteiger partial charge in [0.05, 0.1) is 23.6 Å². The Balaban J connectivity index is 1.55. The van der Waals surface area contributed by atoms with E-state index >= 15 is 0 Å². The van der Waals surface area contributed by atoms with E-state index in [0.29, 0.717) is 13.1 Å². The summed E-state index contributed by atoms with van der Waals surface area (Å²) in [5.74, 6) is -0.297. The molecule has 0 aliphatic carbocycles. The average Bonchev–Trinajstić information content (AvgIpc) is 3.22. The number of carbonyl (C=O) groups is 2. The first-order valence-corrected chi connectivity index (χ1v) is 11.0. The molecule has 1 unspecified atom stereocenters. The number of piperidine rings is 1. The van der Waals surface area contributed by atoms with Crippen molar-refractivity contribution in [1.82, 2.24) is 14.5 Å². The summed E-state index contributed by atoms with van der Waals surface area (Å²) in [6, 6.07) is 20.1. The maximum absolute atomic E-state index is 12.8. The van der Waals surface area contributed by atoms with E-state index in [1.54, 1.807) is 4.90 Å². The van der Waals surface area contributed by atoms with E-state index in [4.69, 9.17) is 5.73 Å². The molecule has 1 atom stereocenters. The van der Waals surface area contributed by atoms with Gasteiger partial charge in [0.25, 0.3) is 0 Å². The Morgan fingerprint density at radius 2 is 1.77 bits per heavy atom. The third kappa shape index (κ3) is 4.41. The Morgan fingerprint density at radius 3 is 2.47 bits per heavy atom. The van der Waals surface area contributed by atoms with Gasteiger partial charge in [0.2, 0.25) is 11.8 Å². The topological polar surface area (TPSA) is 81.2 Å². The van der Waals surface area contributed by atoms with Crippen molar-refractivity contribution in [3.8, 4) is 16.9 Å². The van der Waals surface area contributed by atoms with Crippen LogP contribution in [0.25, 0.3) is 16.9 Å². The molecule has 0 saturated carbocycles. The standard InChI is InChI=1S/C23H24N4O2S/c24-22(29)18-10-7-13-26(15-18)21(28)16-30-23-25-14-20(17-8-3-1-4-9-17)27(23)19-11-5-2-6-12-19/h1-6,8-9,11-12,14,18H,7,10,13,15-16H2,(H2,24,29). The molecular weight excluding hydrogens is 396 g/mol. The van der Waals surface area contributed by atoms with Crippen LogP contribution >= 0.6 is 11.8 Å². The maximum Gasteiger partial charge on any atom is 0.233 e. The number of amides is 2. The van der Waals surface area contributed by atoms with Gasteiger partial charge in [-0.15, -0.1) is 0 Å². The lowest BCUT2D eigenvalue weighted by Crippen LogP contribution is -2.44. The summed E-state index contributed by atoms with van der Waals surface area (Å²) >= 11 is 1.41. The molecule has 7 heteroatoms. The number of aromatic nitrogens is 2. The molecule has 2 amide bonds. The number of nitrogens with two attached hydrogens (primary N) is 1. The van der Waals surface area contributed by atoms with E-state index in [0.717, 1.165) is 34.9 Å². The fourth-order valence-corrected chi connectivity index (χ4v) is 4.62. The fourth-order valence-electron chi connectivity index (χ4n) is 3.73. The van der Waals surface area contributed by atoms with Crippen LogP contribution in [0.2, 0.25) is 0 Å². The van der Waals surface area contributed by atoms with E-state index in [1.807, 2.05) is 66.9 Å². The van der Waals surface area contributed by atoms with Gasteiger partial charge in [-0.25, -0.2) is 4.98 Å². The maximum atomic E-state index is 12.8. The molecule has 2 aromatic carbocycles. The van der Waals surface area contributed by atoms with Gasteiger partial charge < -0.3 is 10.6 Å². The van der Waals surface area contributed by atoms with Crippen molar-refractivity contribution in [3.05, 3.63) is 66.9 Å². The molecule has 4 rings (SSSR count). The first kappa shape index (κ1) is 20.2. The van der Waals surface area contributed by atoms with E-state index in [2.05, 4.69) is 9.55 Å². The number of hydrogen-bond acceptors (Lipinski definition) is 4. The molecule has 2 heterocycles. The van der Waals surface area contributed by atoms with E-state index < -0.39 is 0 Å². The predicted molar refractivity (Wildman–Crippen MR) is 118 cm³/mol. The second kappa shape index (κ2) is 9.17. The summed E-state index contributed by atoms with van der Waals surface area (Å²) < 4.78 is 2.08. The number of hydrogen-bond donors (Lipinski definition) is 1. The minimum Gasteiger partial charge on any atom is -0.369 e. The molecule has 154 valence electrons. The van der Waals surface area contributed by atoms with Crippen molar-refractivity contribution in [2.75, 3.05) is 18.8 Å². The number of carbonyl (C=O) groups excluding carboxylic acids is 2. The summed E-state index contributed by atoms with van der Waals surface area (Å²) in [4.78, 5) is 30.6. The lowest BCUT2D eigenvalue weighted by atomic mass is 9.97. The van der Waals surface area contributed by atoms with Crippen molar-refractivity contribution in [1.29, 1.82) is 0 Å². The SMILES string of the molecule is NC(=O)C1CCCN(C(=O)CSc2ncc(-c3ccccc3)n2-c2ccccc2)C1. The zero-order valence-electron chi connectivity index (χ0n) is 16.6. The lowest BCUT2D eigenvalue weighted by Gasteiger charge is -2.31. The van der Waals surface area contributed by atoms with Gasteiger partial charge in [-0.05, 0) is 25.0 Å². The molecule has 30 heavy (non-hydrogen) atoms. The monoisotopic (exact) mass is 420 g/mol. The molecule has 1 aromatic heterocycles. The van der Waals surface area contributed by atoms with Crippen molar-refractivity contribution in [2.45, 2.75) is 18.0 Å². The highest BCUT2D eigenvalue weighted by atomic mass is 32.2. The zero-order valence-corrected chi connectivity index (χ0v) is 17.4. The number of nitrogens with zero attached hydrogens (tertiary/aromatic N) is 3. The Morgan fingerprint density at radius 1 is 1.07 bits per heavy atom. The number of para-hydroxylation sites is 1. The van der Waals surface area contributed by atoms with Crippen LogP contribution in [0.3, 0.4) is 0 Å². The number of likely N-dealkylation sites (tertiary alicyclic amines) is 1. The van der Waals surface area contributed by atoms with Crippen LogP contribution in [0.5, 0.6) is 0 Å². The highest BCUT2D eigenvalue weighted by Crippen LogP contribution is 2.30. The highest BCUT2D eigenvalue weighted by molar-refractivity contribution is 7.99. The van der Waals surface area contributed by atoms with Crippen LogP contribution < -0.4 is 5.73 Å². The van der Waals surface area contributed by atoms with Crippen molar-refractivity contribution in [3.63, 3.8) is 0 Å². The summed E-state index contributed by atoms with van der Waals surface area (Å²) in [7, 11) is 0. The largest absolute Gasteiger partial charge is 0.369 e. The number of thioether (sulfide) groups is 1. The minimum atomic E-state index is -0.327. The third-order valence-corrected chi connectivity index (χ3v) is 6.25. The van der Waals surface area contributed by atoms with Gasteiger partial charge >= 0.3 is 0 Å². The Kier molecular flexibility index (Phi) is 6.18. The van der Waals surface area contributed by atoms with Crippen LogP contribution in [-0.2, 0) is 9.59 Å². The van der Waals surface area contributed by atoms with Gasteiger partial charge in [0.1, 0.15) is 0 Å². The molecular formula is C23H24N4O2S. The van der Waals surface area contributed by atoms with Crippen molar-refractivity contribution in [2.24, 2.45) is 11.7 Å². The zero-order chi connectivity index (χ0) is 20.9. The van der Waals surface area contributed by atoms with Gasteiger partial charge in [-0.3, -0.25) is 14.2 Å². The molecule has 0 bridgehead atoms. The van der Waals surface area contributed by atoms with Crippen LogP contribution in [0, 0.1) is 5.92 Å². The number of rotatable bonds is 6. The second-order valence-corrected chi connectivity index (χ2v) is 8.28. The summed E-state index contributed by atoms with van der Waals surface area (Å²) in [6.07, 6.45) is 3.41. The van der Waals surface area contributed by atoms with Gasteiger partial charge in [-0.1, -0.05) is 60.3 Å². The van der Waals surface area contributed by atoms with Crippen LogP contribution in [-0.4, -0.2) is 45.1 Å². The summed E-state index contributed by atoms with van der Waals surface area (Å²) in [5.41, 5.74) is 8.48. The summed E-state index contributed by atoms with van der Waals surface area (Å²) in [6.45, 7) is 1.09. The first-order valence-electron chi connectivity index (χ1n) is 10.0. The molecule has 1 aliphatic rings. The molecule has 3 aromatic rings. The molecule has 0 radical (unpaired) electrons. The van der Waals surface area contributed by atoms with E-state index in [1.165, 1.54) is 11.8 Å². The van der Waals surface area contributed by atoms with Crippen LogP contribution in [0.4, 0.5) is 0 Å². The van der Waals surface area contributed by atoms with Gasteiger partial charge in [0.15, 0.2) is 5.16 Å². The molecule has 2 N–H and O–H groups in total. The van der Waals surface area contributed by atoms with Crippen molar-refractivity contribution < 1.29 is 9.59 Å². The van der Waals surface area contributed by atoms with Crippen LogP contribution in [0.15, 0.2) is 72.0 Å². The quantitative estimate of drug-likeness (QED) is 0.620. The van der Waals surface area contributed by atoms with E-state index in [9.17, 15) is 9.59 Å². The number of benzene rings is 2. The molecule has 1 saturated heterocycles. The fraction of sp³-hybridized carbons (Fsp3) is 0.261. The van der Waals surface area contributed by atoms with Gasteiger partial charge in [0, 0.05) is 24.3 Å². The van der Waals surface area contributed by atoms with E-state index in [-0.39, 0.29) is 23.5 Å². The smallest absolute Gasteiger partial charge is 0.233 e. The molecule has 6 nitrogen and oxygen atoms in total. The normalized spacial score (nSPS) is 16.4. The number of primary amides is 1. The minimum absolute atomic E-state index is 0.00910. The molecule has 1 fully saturated rings. The first-order chi connectivity index (χ1) is 14.6. The highest BCUT2D eigenvalue weighted by Gasteiger charge is 2.27. The Hall–Kier alpha value is -3.06. The summed E-state index contributed by atoms with van der Waals surface area (Å²) in [5, 5.41) is 0.761. The molecule has 0 spiro atoms. The third-order valence-electron chi connectivity index (χ3n) is 5.31. The lowest BCUT2D eigenvalue weighted by molar-refractivity contribution is -0.132.